The Bertz CT molecular complexity index is 105. The first-order valence-corrected chi connectivity index (χ1v) is 8.08. The maximum absolute atomic E-state index is 2.46. The van der Waals surface area contributed by atoms with Crippen LogP contribution in [-0.4, -0.2) is 39.4 Å². The van der Waals surface area contributed by atoms with Crippen LogP contribution in [0.2, 0.25) is 19.6 Å². The number of rotatable bonds is 3. The summed E-state index contributed by atoms with van der Waals surface area (Å²) in [6, 6.07) is 0. The first-order valence-electron chi connectivity index (χ1n) is 4.50. The first kappa shape index (κ1) is 11.2. The molecule has 0 spiro atoms. The van der Waals surface area contributed by atoms with Gasteiger partial charge in [-0.2, -0.15) is 0 Å². The van der Waals surface area contributed by atoms with Gasteiger partial charge in [0.05, 0.1) is 26.8 Å². The van der Waals surface area contributed by atoms with Gasteiger partial charge in [0.15, 0.2) is 0 Å². The van der Waals surface area contributed by atoms with Crippen molar-refractivity contribution in [2.75, 3.05) is 21.1 Å². The second kappa shape index (κ2) is 3.28. The molecule has 1 atom stereocenters. The van der Waals surface area contributed by atoms with Gasteiger partial charge >= 0.3 is 0 Å². The maximum atomic E-state index is 2.46. The Balaban J connectivity index is 4.43. The highest BCUT2D eigenvalue weighted by atomic mass is 28.3. The summed E-state index contributed by atoms with van der Waals surface area (Å²) in [7, 11) is 5.99. The largest absolute Gasteiger partial charge is 0.332 e. The minimum Gasteiger partial charge on any atom is -0.332 e. The van der Waals surface area contributed by atoms with Crippen molar-refractivity contribution in [1.29, 1.82) is 0 Å². The highest BCUT2D eigenvalue weighted by Crippen LogP contribution is 2.19. The van der Waals surface area contributed by atoms with E-state index < -0.39 is 8.07 Å². The van der Waals surface area contributed by atoms with Crippen molar-refractivity contribution >= 4 is 8.07 Å². The fraction of sp³-hybridized carbons (Fsp3) is 1.00. The van der Waals surface area contributed by atoms with Gasteiger partial charge in [-0.1, -0.05) is 26.6 Å². The summed E-state index contributed by atoms with van der Waals surface area (Å²) in [5.74, 6) is 0. The van der Waals surface area contributed by atoms with Crippen LogP contribution in [-0.2, 0) is 0 Å². The van der Waals surface area contributed by atoms with Crippen molar-refractivity contribution in [3.63, 3.8) is 0 Å². The molecule has 1 nitrogen and oxygen atoms in total. The van der Waals surface area contributed by atoms with Crippen LogP contribution in [0.1, 0.15) is 13.3 Å². The SMILES string of the molecule is CCC([N+](C)(C)C)[Si](C)(C)C. The van der Waals surface area contributed by atoms with Gasteiger partial charge < -0.3 is 4.48 Å². The molecule has 0 fully saturated rings. The molecular weight excluding hydrogens is 150 g/mol. The minimum atomic E-state index is -0.950. The molecule has 0 aromatic heterocycles. The number of hydrogen-bond donors (Lipinski definition) is 0. The molecule has 0 amide bonds. The van der Waals surface area contributed by atoms with Gasteiger partial charge in [-0.3, -0.25) is 0 Å². The number of quaternary nitrogens is 1. The zero-order chi connectivity index (χ0) is 9.28. The molecule has 0 heterocycles. The summed E-state index contributed by atoms with van der Waals surface area (Å²) in [5.41, 5.74) is 0.891. The van der Waals surface area contributed by atoms with Crippen molar-refractivity contribution in [2.24, 2.45) is 0 Å². The lowest BCUT2D eigenvalue weighted by molar-refractivity contribution is -0.884. The Hall–Kier alpha value is 0.177. The quantitative estimate of drug-likeness (QED) is 0.455. The average molecular weight is 174 g/mol. The second-order valence-electron chi connectivity index (χ2n) is 5.41. The first-order chi connectivity index (χ1) is 4.69. The third kappa shape index (κ3) is 3.39. The van der Waals surface area contributed by atoms with Crippen molar-refractivity contribution in [3.05, 3.63) is 0 Å². The molecule has 68 valence electrons. The van der Waals surface area contributed by atoms with Gasteiger partial charge in [0.2, 0.25) is 0 Å². The summed E-state index contributed by atoms with van der Waals surface area (Å²) in [6.45, 7) is 9.70. The molecule has 0 aliphatic heterocycles. The molecule has 0 radical (unpaired) electrons. The lowest BCUT2D eigenvalue weighted by atomic mass is 10.4. The minimum absolute atomic E-state index is 0.891. The van der Waals surface area contributed by atoms with E-state index in [4.69, 9.17) is 0 Å². The lowest BCUT2D eigenvalue weighted by Gasteiger charge is -2.40. The second-order valence-corrected chi connectivity index (χ2v) is 10.8. The lowest BCUT2D eigenvalue weighted by Crippen LogP contribution is -2.57. The van der Waals surface area contributed by atoms with Crippen molar-refractivity contribution in [1.82, 2.24) is 0 Å². The molecule has 0 aliphatic rings. The molecule has 0 aromatic rings. The number of hydrogen-bond acceptors (Lipinski definition) is 0. The Labute approximate surface area is 73.0 Å². The summed E-state index contributed by atoms with van der Waals surface area (Å²) < 4.78 is 1.13. The van der Waals surface area contributed by atoms with Crippen LogP contribution in [0.5, 0.6) is 0 Å². The van der Waals surface area contributed by atoms with E-state index in [-0.39, 0.29) is 0 Å². The van der Waals surface area contributed by atoms with E-state index >= 15 is 0 Å². The molecule has 0 rings (SSSR count). The molecule has 0 saturated carbocycles. The molecule has 1 unspecified atom stereocenters. The smallest absolute Gasteiger partial charge is 0.114 e. The Morgan fingerprint density at radius 2 is 1.45 bits per heavy atom. The number of nitrogens with zero attached hydrogens (tertiary/aromatic N) is 1. The van der Waals surface area contributed by atoms with Gasteiger partial charge in [0.1, 0.15) is 8.07 Å². The maximum Gasteiger partial charge on any atom is 0.114 e. The van der Waals surface area contributed by atoms with E-state index in [1.54, 1.807) is 0 Å². The summed E-state index contributed by atoms with van der Waals surface area (Å²) in [5, 5.41) is 0. The van der Waals surface area contributed by atoms with E-state index in [0.29, 0.717) is 0 Å². The van der Waals surface area contributed by atoms with Gasteiger partial charge in [-0.25, -0.2) is 0 Å². The molecule has 0 saturated heterocycles. The summed E-state index contributed by atoms with van der Waals surface area (Å²) >= 11 is 0. The normalized spacial score (nSPS) is 16.6. The Kier molecular flexibility index (Phi) is 3.33. The third-order valence-corrected chi connectivity index (χ3v) is 5.50. The predicted molar refractivity (Wildman–Crippen MR) is 55.5 cm³/mol. The molecule has 11 heavy (non-hydrogen) atoms. The average Bonchev–Trinajstić information content (AvgIpc) is 1.56. The van der Waals surface area contributed by atoms with Crippen molar-refractivity contribution < 1.29 is 4.48 Å². The van der Waals surface area contributed by atoms with E-state index in [1.165, 1.54) is 6.42 Å². The topological polar surface area (TPSA) is 0 Å². The van der Waals surface area contributed by atoms with Gasteiger partial charge in [0, 0.05) is 0 Å². The van der Waals surface area contributed by atoms with Crippen LogP contribution in [0.4, 0.5) is 0 Å². The molecule has 2 heteroatoms. The zero-order valence-electron chi connectivity index (χ0n) is 9.23. The van der Waals surface area contributed by atoms with Crippen LogP contribution >= 0.6 is 0 Å². The fourth-order valence-electron chi connectivity index (χ4n) is 2.32. The van der Waals surface area contributed by atoms with Crippen molar-refractivity contribution in [3.8, 4) is 0 Å². The van der Waals surface area contributed by atoms with Crippen LogP contribution in [0, 0.1) is 0 Å². The fourth-order valence-corrected chi connectivity index (χ4v) is 5.87. The summed E-state index contributed by atoms with van der Waals surface area (Å²) in [6.07, 6.45) is 1.32. The zero-order valence-corrected chi connectivity index (χ0v) is 10.2. The summed E-state index contributed by atoms with van der Waals surface area (Å²) in [4.78, 5) is 0. The Morgan fingerprint density at radius 3 is 1.45 bits per heavy atom. The predicted octanol–water partition coefficient (Wildman–Crippen LogP) is 2.35. The van der Waals surface area contributed by atoms with Crippen LogP contribution < -0.4 is 0 Å². The molecule has 0 aliphatic carbocycles. The van der Waals surface area contributed by atoms with Crippen LogP contribution in [0.15, 0.2) is 0 Å². The van der Waals surface area contributed by atoms with Crippen LogP contribution in [0.3, 0.4) is 0 Å². The monoisotopic (exact) mass is 174 g/mol. The van der Waals surface area contributed by atoms with Gasteiger partial charge in [-0.05, 0) is 6.42 Å². The van der Waals surface area contributed by atoms with E-state index in [9.17, 15) is 0 Å². The van der Waals surface area contributed by atoms with Crippen LogP contribution in [0.25, 0.3) is 0 Å². The molecule has 0 bridgehead atoms. The highest BCUT2D eigenvalue weighted by molar-refractivity contribution is 6.77. The molecular formula is C9H24NSi+. The molecule has 0 N–H and O–H groups in total. The Morgan fingerprint density at radius 1 is 1.09 bits per heavy atom. The van der Waals surface area contributed by atoms with E-state index in [0.717, 1.165) is 10.1 Å². The van der Waals surface area contributed by atoms with Gasteiger partial charge in [-0.15, -0.1) is 0 Å². The standard InChI is InChI=1S/C9H24NSi/c1-8-9(10(2,3)4)11(5,6)7/h9H,8H2,1-7H3/q+1. The molecule has 0 aromatic carbocycles. The highest BCUT2D eigenvalue weighted by Gasteiger charge is 2.35. The third-order valence-electron chi connectivity index (χ3n) is 2.32. The van der Waals surface area contributed by atoms with E-state index in [1.807, 2.05) is 0 Å². The van der Waals surface area contributed by atoms with Gasteiger partial charge in [0.25, 0.3) is 0 Å². The van der Waals surface area contributed by atoms with Crippen molar-refractivity contribution in [2.45, 2.75) is 38.7 Å². The van der Waals surface area contributed by atoms with E-state index in [2.05, 4.69) is 47.7 Å².